The molecule has 3 rings (SSSR count). The Hall–Kier alpha value is -3.17. The fourth-order valence-electron chi connectivity index (χ4n) is 2.39. The van der Waals surface area contributed by atoms with Crippen LogP contribution >= 0.6 is 0 Å². The summed E-state index contributed by atoms with van der Waals surface area (Å²) in [5.41, 5.74) is 1.56. The van der Waals surface area contributed by atoms with Crippen molar-refractivity contribution >= 4 is 5.97 Å². The number of benzene rings is 1. The average Bonchev–Trinajstić information content (AvgIpc) is 3.31. The maximum Gasteiger partial charge on any atom is 0.471 e. The van der Waals surface area contributed by atoms with Crippen molar-refractivity contribution in [1.29, 1.82) is 0 Å². The van der Waals surface area contributed by atoms with Gasteiger partial charge in [-0.3, -0.25) is 4.68 Å². The van der Waals surface area contributed by atoms with Gasteiger partial charge in [-0.2, -0.15) is 23.3 Å². The molecule has 7 nitrogen and oxygen atoms in total. The van der Waals surface area contributed by atoms with E-state index in [2.05, 4.69) is 19.8 Å². The number of carbonyl (C=O) groups is 1. The minimum absolute atomic E-state index is 0.148. The van der Waals surface area contributed by atoms with Crippen molar-refractivity contribution in [3.63, 3.8) is 0 Å². The lowest BCUT2D eigenvalue weighted by molar-refractivity contribution is -0.159. The Labute approximate surface area is 151 Å². The van der Waals surface area contributed by atoms with Crippen molar-refractivity contribution < 1.29 is 27.2 Å². The SMILES string of the molecule is CCOC(=O)c1cnn([C@H](C)c2ccc(-c3noc(C(F)(F)F)n3)cc2)c1. The first-order chi connectivity index (χ1) is 12.8. The first-order valence-electron chi connectivity index (χ1n) is 8.02. The molecule has 0 saturated carbocycles. The zero-order valence-corrected chi connectivity index (χ0v) is 14.4. The van der Waals surface area contributed by atoms with Gasteiger partial charge in [-0.15, -0.1) is 0 Å². The molecule has 0 bridgehead atoms. The van der Waals surface area contributed by atoms with Gasteiger partial charge in [0.15, 0.2) is 0 Å². The molecule has 1 atom stereocenters. The minimum Gasteiger partial charge on any atom is -0.462 e. The van der Waals surface area contributed by atoms with E-state index >= 15 is 0 Å². The first kappa shape index (κ1) is 18.6. The van der Waals surface area contributed by atoms with Crippen LogP contribution in [0.1, 0.15) is 41.7 Å². The summed E-state index contributed by atoms with van der Waals surface area (Å²) < 4.78 is 48.4. The molecule has 0 unspecified atom stereocenters. The monoisotopic (exact) mass is 380 g/mol. The predicted molar refractivity (Wildman–Crippen MR) is 86.7 cm³/mol. The number of esters is 1. The number of hydrogen-bond acceptors (Lipinski definition) is 6. The molecule has 0 aliphatic rings. The highest BCUT2D eigenvalue weighted by Gasteiger charge is 2.38. The normalized spacial score (nSPS) is 12.8. The van der Waals surface area contributed by atoms with Crippen LogP contribution < -0.4 is 0 Å². The van der Waals surface area contributed by atoms with Crippen molar-refractivity contribution in [2.45, 2.75) is 26.1 Å². The van der Waals surface area contributed by atoms with Crippen LogP contribution in [0, 0.1) is 0 Å². The maximum absolute atomic E-state index is 12.5. The van der Waals surface area contributed by atoms with E-state index in [0.717, 1.165) is 5.56 Å². The lowest BCUT2D eigenvalue weighted by Gasteiger charge is -2.12. The van der Waals surface area contributed by atoms with E-state index in [9.17, 15) is 18.0 Å². The zero-order chi connectivity index (χ0) is 19.6. The van der Waals surface area contributed by atoms with Gasteiger partial charge in [0.05, 0.1) is 24.4 Å². The first-order valence-corrected chi connectivity index (χ1v) is 8.02. The number of halogens is 3. The molecule has 0 aliphatic heterocycles. The molecule has 1 aromatic carbocycles. The second-order valence-corrected chi connectivity index (χ2v) is 5.65. The molecule has 0 aliphatic carbocycles. The van der Waals surface area contributed by atoms with E-state index in [-0.39, 0.29) is 18.5 Å². The van der Waals surface area contributed by atoms with Crippen molar-refractivity contribution in [3.8, 4) is 11.4 Å². The molecule has 0 spiro atoms. The number of carbonyl (C=O) groups excluding carboxylic acids is 1. The molecule has 10 heteroatoms. The summed E-state index contributed by atoms with van der Waals surface area (Å²) in [6.45, 7) is 3.86. The third kappa shape index (κ3) is 3.99. The summed E-state index contributed by atoms with van der Waals surface area (Å²) in [6, 6.07) is 6.40. The van der Waals surface area contributed by atoms with Gasteiger partial charge in [-0.05, 0) is 19.4 Å². The summed E-state index contributed by atoms with van der Waals surface area (Å²) in [7, 11) is 0. The Morgan fingerprint density at radius 3 is 2.59 bits per heavy atom. The van der Waals surface area contributed by atoms with E-state index < -0.39 is 18.0 Å². The van der Waals surface area contributed by atoms with Gasteiger partial charge in [0.2, 0.25) is 5.82 Å². The third-order valence-electron chi connectivity index (χ3n) is 3.83. The molecule has 3 aromatic rings. The number of nitrogens with zero attached hydrogens (tertiary/aromatic N) is 4. The van der Waals surface area contributed by atoms with Gasteiger partial charge in [0, 0.05) is 11.8 Å². The molecular formula is C17H15F3N4O3. The standard InChI is InChI=1S/C17H15F3N4O3/c1-3-26-15(25)13-8-21-24(9-13)10(2)11-4-6-12(7-5-11)14-22-16(27-23-14)17(18,19)20/h4-10H,3H2,1-2H3/t10-/m1/s1. The van der Waals surface area contributed by atoms with Crippen LogP contribution in [0.3, 0.4) is 0 Å². The van der Waals surface area contributed by atoms with Gasteiger partial charge < -0.3 is 9.26 Å². The van der Waals surface area contributed by atoms with Crippen molar-refractivity contribution in [2.24, 2.45) is 0 Å². The Morgan fingerprint density at radius 2 is 2.00 bits per heavy atom. The Bertz CT molecular complexity index is 932. The molecule has 0 saturated heterocycles. The maximum atomic E-state index is 12.5. The Balaban J connectivity index is 1.77. The number of ether oxygens (including phenoxy) is 1. The fraction of sp³-hybridized carbons (Fsp3) is 0.294. The van der Waals surface area contributed by atoms with Crippen LogP contribution in [-0.4, -0.2) is 32.5 Å². The molecular weight excluding hydrogens is 365 g/mol. The summed E-state index contributed by atoms with van der Waals surface area (Å²) in [5.74, 6) is -1.99. The van der Waals surface area contributed by atoms with Crippen molar-refractivity contribution in [3.05, 3.63) is 53.7 Å². The summed E-state index contributed by atoms with van der Waals surface area (Å²) in [6.07, 6.45) is -1.69. The predicted octanol–water partition coefficient (Wildman–Crippen LogP) is 3.74. The van der Waals surface area contributed by atoms with E-state index in [0.29, 0.717) is 11.1 Å². The van der Waals surface area contributed by atoms with Gasteiger partial charge in [0.1, 0.15) is 0 Å². The zero-order valence-electron chi connectivity index (χ0n) is 14.4. The third-order valence-corrected chi connectivity index (χ3v) is 3.83. The average molecular weight is 380 g/mol. The molecule has 27 heavy (non-hydrogen) atoms. The lowest BCUT2D eigenvalue weighted by Crippen LogP contribution is -2.08. The highest BCUT2D eigenvalue weighted by atomic mass is 19.4. The van der Waals surface area contributed by atoms with E-state index in [1.165, 1.54) is 6.20 Å². The molecule has 142 valence electrons. The van der Waals surface area contributed by atoms with Gasteiger partial charge in [-0.25, -0.2) is 4.79 Å². The van der Waals surface area contributed by atoms with Gasteiger partial charge >= 0.3 is 18.0 Å². The van der Waals surface area contributed by atoms with Crippen LogP contribution in [0.4, 0.5) is 13.2 Å². The van der Waals surface area contributed by atoms with Crippen LogP contribution in [0.5, 0.6) is 0 Å². The van der Waals surface area contributed by atoms with E-state index in [4.69, 9.17) is 4.74 Å². The van der Waals surface area contributed by atoms with Crippen molar-refractivity contribution in [1.82, 2.24) is 19.9 Å². The number of aromatic nitrogens is 4. The minimum atomic E-state index is -4.68. The number of hydrogen-bond donors (Lipinski definition) is 0. The van der Waals surface area contributed by atoms with Gasteiger partial charge in [-0.1, -0.05) is 29.4 Å². The molecule has 0 fully saturated rings. The van der Waals surface area contributed by atoms with Crippen molar-refractivity contribution in [2.75, 3.05) is 6.61 Å². The quantitative estimate of drug-likeness (QED) is 0.627. The second kappa shape index (κ2) is 7.22. The van der Waals surface area contributed by atoms with Crippen LogP contribution in [-0.2, 0) is 10.9 Å². The number of alkyl halides is 3. The largest absolute Gasteiger partial charge is 0.471 e. The lowest BCUT2D eigenvalue weighted by atomic mass is 10.1. The molecule has 0 radical (unpaired) electrons. The molecule has 0 amide bonds. The topological polar surface area (TPSA) is 83.0 Å². The number of rotatable bonds is 5. The van der Waals surface area contributed by atoms with Crippen LogP contribution in [0.25, 0.3) is 11.4 Å². The highest BCUT2D eigenvalue weighted by molar-refractivity contribution is 5.88. The smallest absolute Gasteiger partial charge is 0.462 e. The molecule has 0 N–H and O–H groups in total. The molecule has 2 heterocycles. The van der Waals surface area contributed by atoms with Gasteiger partial charge in [0.25, 0.3) is 0 Å². The second-order valence-electron chi connectivity index (χ2n) is 5.65. The molecule has 2 aromatic heterocycles. The summed E-state index contributed by atoms with van der Waals surface area (Å²) in [5, 5.41) is 7.51. The fourth-order valence-corrected chi connectivity index (χ4v) is 2.39. The highest BCUT2D eigenvalue weighted by Crippen LogP contribution is 2.29. The summed E-state index contributed by atoms with van der Waals surface area (Å²) in [4.78, 5) is 15.1. The van der Waals surface area contributed by atoms with E-state index in [1.807, 2.05) is 6.92 Å². The summed E-state index contributed by atoms with van der Waals surface area (Å²) >= 11 is 0. The van der Waals surface area contributed by atoms with Crippen LogP contribution in [0.2, 0.25) is 0 Å². The van der Waals surface area contributed by atoms with E-state index in [1.54, 1.807) is 42.1 Å². The van der Waals surface area contributed by atoms with Crippen LogP contribution in [0.15, 0.2) is 41.2 Å². The Morgan fingerprint density at radius 1 is 1.30 bits per heavy atom. The Kier molecular flexibility index (Phi) is 4.98.